The number of carbonyl (C=O) groups is 1. The maximum Gasteiger partial charge on any atom is 0.222 e. The van der Waals surface area contributed by atoms with E-state index in [1.54, 1.807) is 0 Å². The van der Waals surface area contributed by atoms with Crippen LogP contribution in [0.3, 0.4) is 0 Å². The fourth-order valence-corrected chi connectivity index (χ4v) is 4.37. The fourth-order valence-electron chi connectivity index (χ4n) is 4.37. The Kier molecular flexibility index (Phi) is 4.52. The van der Waals surface area contributed by atoms with E-state index in [1.807, 2.05) is 0 Å². The molecular weight excluding hydrogens is 274 g/mol. The zero-order valence-corrected chi connectivity index (χ0v) is 14.8. The molecule has 3 fully saturated rings. The minimum atomic E-state index is 0.414. The summed E-state index contributed by atoms with van der Waals surface area (Å²) >= 11 is 0. The highest BCUT2D eigenvalue weighted by Gasteiger charge is 2.53. The van der Waals surface area contributed by atoms with Crippen LogP contribution in [0.2, 0.25) is 0 Å². The van der Waals surface area contributed by atoms with Crippen LogP contribution in [0.15, 0.2) is 0 Å². The molecule has 3 heterocycles. The molecule has 0 N–H and O–H groups in total. The van der Waals surface area contributed by atoms with Crippen LogP contribution in [0.4, 0.5) is 0 Å². The molecule has 0 aromatic carbocycles. The standard InChI is InChI=1S/C18H33N3O/c1-14(2)19-7-5-16(6-8-19)9-17(22)21-12-18(13-21)10-20(11-18)15(3)4/h14-16H,5-13H2,1-4H3. The van der Waals surface area contributed by atoms with Gasteiger partial charge >= 0.3 is 0 Å². The molecule has 0 saturated carbocycles. The summed E-state index contributed by atoms with van der Waals surface area (Å²) < 4.78 is 0. The minimum absolute atomic E-state index is 0.414. The predicted molar refractivity (Wildman–Crippen MR) is 89.8 cm³/mol. The van der Waals surface area contributed by atoms with Crippen molar-refractivity contribution in [3.8, 4) is 0 Å². The van der Waals surface area contributed by atoms with E-state index in [0.29, 0.717) is 29.3 Å². The van der Waals surface area contributed by atoms with Crippen LogP contribution < -0.4 is 0 Å². The van der Waals surface area contributed by atoms with Crippen molar-refractivity contribution in [2.45, 2.75) is 59.0 Å². The zero-order valence-electron chi connectivity index (χ0n) is 14.8. The number of nitrogens with zero attached hydrogens (tertiary/aromatic N) is 3. The molecule has 0 aromatic heterocycles. The molecule has 3 aliphatic rings. The van der Waals surface area contributed by atoms with Crippen molar-refractivity contribution in [3.05, 3.63) is 0 Å². The van der Waals surface area contributed by atoms with Gasteiger partial charge in [0.2, 0.25) is 5.91 Å². The average molecular weight is 307 g/mol. The van der Waals surface area contributed by atoms with Gasteiger partial charge in [0.05, 0.1) is 0 Å². The molecule has 3 aliphatic heterocycles. The van der Waals surface area contributed by atoms with Gasteiger partial charge in [-0.2, -0.15) is 0 Å². The zero-order chi connectivity index (χ0) is 15.9. The Morgan fingerprint density at radius 3 is 2.00 bits per heavy atom. The molecule has 0 radical (unpaired) electrons. The Morgan fingerprint density at radius 2 is 1.50 bits per heavy atom. The van der Waals surface area contributed by atoms with Crippen LogP contribution in [0.25, 0.3) is 0 Å². The van der Waals surface area contributed by atoms with Gasteiger partial charge in [-0.25, -0.2) is 0 Å². The maximum absolute atomic E-state index is 12.5. The second-order valence-electron chi connectivity index (χ2n) is 8.53. The molecule has 4 nitrogen and oxygen atoms in total. The van der Waals surface area contributed by atoms with Crippen molar-refractivity contribution >= 4 is 5.91 Å². The molecule has 0 aliphatic carbocycles. The van der Waals surface area contributed by atoms with Gasteiger partial charge in [0.1, 0.15) is 0 Å². The van der Waals surface area contributed by atoms with Crippen molar-refractivity contribution < 1.29 is 4.79 Å². The highest BCUT2D eigenvalue weighted by Crippen LogP contribution is 2.41. The Bertz CT molecular complexity index is 399. The molecule has 3 saturated heterocycles. The first-order valence-corrected chi connectivity index (χ1v) is 9.14. The largest absolute Gasteiger partial charge is 0.341 e. The predicted octanol–water partition coefficient (Wildman–Crippen LogP) is 2.05. The Morgan fingerprint density at radius 1 is 0.955 bits per heavy atom. The van der Waals surface area contributed by atoms with Crippen molar-refractivity contribution in [3.63, 3.8) is 0 Å². The summed E-state index contributed by atoms with van der Waals surface area (Å²) in [5, 5.41) is 0. The first-order chi connectivity index (χ1) is 10.4. The van der Waals surface area contributed by atoms with Crippen molar-refractivity contribution in [2.75, 3.05) is 39.3 Å². The molecule has 0 unspecified atom stereocenters. The van der Waals surface area contributed by atoms with Gasteiger partial charge in [0, 0.05) is 50.1 Å². The summed E-state index contributed by atoms with van der Waals surface area (Å²) in [6, 6.07) is 1.30. The molecule has 0 aromatic rings. The summed E-state index contributed by atoms with van der Waals surface area (Å²) in [6.07, 6.45) is 3.18. The smallest absolute Gasteiger partial charge is 0.222 e. The fraction of sp³-hybridized carbons (Fsp3) is 0.944. The average Bonchev–Trinajstić information content (AvgIpc) is 2.35. The number of carbonyl (C=O) groups excluding carboxylic acids is 1. The lowest BCUT2D eigenvalue weighted by Gasteiger charge is -2.61. The second kappa shape index (κ2) is 6.12. The third-order valence-corrected chi connectivity index (χ3v) is 6.06. The number of hydrogen-bond donors (Lipinski definition) is 0. The monoisotopic (exact) mass is 307 g/mol. The van der Waals surface area contributed by atoms with E-state index >= 15 is 0 Å². The van der Waals surface area contributed by atoms with E-state index in [9.17, 15) is 4.79 Å². The molecule has 3 rings (SSSR count). The topological polar surface area (TPSA) is 26.8 Å². The second-order valence-corrected chi connectivity index (χ2v) is 8.53. The van der Waals surface area contributed by atoms with Crippen LogP contribution in [0, 0.1) is 11.3 Å². The first kappa shape index (κ1) is 16.3. The Labute approximate surface area is 135 Å². The number of rotatable bonds is 4. The molecule has 0 bridgehead atoms. The summed E-state index contributed by atoms with van der Waals surface area (Å²) in [5.74, 6) is 1.03. The SMILES string of the molecule is CC(C)N1CCC(CC(=O)N2CC3(C2)CN(C(C)C)C3)CC1. The van der Waals surface area contributed by atoms with Gasteiger partial charge in [0.25, 0.3) is 0 Å². The summed E-state index contributed by atoms with van der Waals surface area (Å²) in [6.45, 7) is 15.8. The van der Waals surface area contributed by atoms with E-state index in [2.05, 4.69) is 42.4 Å². The van der Waals surface area contributed by atoms with Gasteiger partial charge in [-0.3, -0.25) is 9.69 Å². The third-order valence-electron chi connectivity index (χ3n) is 6.06. The lowest BCUT2D eigenvalue weighted by atomic mass is 9.72. The maximum atomic E-state index is 12.5. The summed E-state index contributed by atoms with van der Waals surface area (Å²) in [7, 11) is 0. The first-order valence-electron chi connectivity index (χ1n) is 9.14. The van der Waals surface area contributed by atoms with Crippen molar-refractivity contribution in [2.24, 2.45) is 11.3 Å². The molecule has 4 heteroatoms. The number of amides is 1. The number of likely N-dealkylation sites (tertiary alicyclic amines) is 3. The van der Waals surface area contributed by atoms with Gasteiger partial charge < -0.3 is 9.80 Å². The van der Waals surface area contributed by atoms with Crippen molar-refractivity contribution in [1.29, 1.82) is 0 Å². The van der Waals surface area contributed by atoms with Gasteiger partial charge in [-0.05, 0) is 59.5 Å². The quantitative estimate of drug-likeness (QED) is 0.795. The van der Waals surface area contributed by atoms with E-state index in [4.69, 9.17) is 0 Å². The minimum Gasteiger partial charge on any atom is -0.341 e. The highest BCUT2D eigenvalue weighted by molar-refractivity contribution is 5.77. The number of hydrogen-bond acceptors (Lipinski definition) is 3. The number of piperidine rings is 1. The third kappa shape index (κ3) is 3.18. The van der Waals surface area contributed by atoms with E-state index in [1.165, 1.54) is 39.0 Å². The van der Waals surface area contributed by atoms with Crippen molar-refractivity contribution in [1.82, 2.24) is 14.7 Å². The van der Waals surface area contributed by atoms with Gasteiger partial charge in [-0.15, -0.1) is 0 Å². The summed E-state index contributed by atoms with van der Waals surface area (Å²) in [5.41, 5.74) is 0.459. The lowest BCUT2D eigenvalue weighted by Crippen LogP contribution is -2.73. The molecule has 1 spiro atoms. The Hall–Kier alpha value is -0.610. The lowest BCUT2D eigenvalue weighted by molar-refractivity contribution is -0.163. The van der Waals surface area contributed by atoms with E-state index in [-0.39, 0.29) is 0 Å². The van der Waals surface area contributed by atoms with E-state index < -0.39 is 0 Å². The van der Waals surface area contributed by atoms with Gasteiger partial charge in [-0.1, -0.05) is 0 Å². The van der Waals surface area contributed by atoms with Crippen LogP contribution >= 0.6 is 0 Å². The molecule has 126 valence electrons. The molecule has 1 amide bonds. The molecular formula is C18H33N3O. The van der Waals surface area contributed by atoms with Crippen LogP contribution in [-0.4, -0.2) is 72.0 Å². The molecule has 0 atom stereocenters. The summed E-state index contributed by atoms with van der Waals surface area (Å²) in [4.78, 5) is 19.6. The van der Waals surface area contributed by atoms with Crippen LogP contribution in [0.1, 0.15) is 47.0 Å². The Balaban J connectivity index is 1.37. The van der Waals surface area contributed by atoms with Gasteiger partial charge in [0.15, 0.2) is 0 Å². The normalized spacial score (nSPS) is 26.5. The van der Waals surface area contributed by atoms with Crippen LogP contribution in [-0.2, 0) is 4.79 Å². The molecule has 22 heavy (non-hydrogen) atoms. The van der Waals surface area contributed by atoms with Crippen LogP contribution in [0.5, 0.6) is 0 Å². The highest BCUT2D eigenvalue weighted by atomic mass is 16.2. The van der Waals surface area contributed by atoms with E-state index in [0.717, 1.165) is 19.5 Å².